The van der Waals surface area contributed by atoms with Crippen molar-refractivity contribution in [1.82, 2.24) is 0 Å². The Labute approximate surface area is 137 Å². The fourth-order valence-electron chi connectivity index (χ4n) is 2.31. The molecule has 3 rings (SSSR count). The predicted octanol–water partition coefficient (Wildman–Crippen LogP) is 4.03. The second-order valence-electron chi connectivity index (χ2n) is 5.09. The second-order valence-corrected chi connectivity index (χ2v) is 5.49. The van der Waals surface area contributed by atoms with Crippen LogP contribution in [0.25, 0.3) is 0 Å². The molecule has 0 atom stereocenters. The molecule has 0 fully saturated rings. The Bertz CT molecular complexity index is 760. The summed E-state index contributed by atoms with van der Waals surface area (Å²) in [5.41, 5.74) is 0.965. The van der Waals surface area contributed by atoms with Gasteiger partial charge in [-0.25, -0.2) is 4.39 Å². The molecule has 0 amide bonds. The van der Waals surface area contributed by atoms with Crippen molar-refractivity contribution >= 4 is 17.4 Å². The third-order valence-electron chi connectivity index (χ3n) is 3.37. The number of ketones is 1. The summed E-state index contributed by atoms with van der Waals surface area (Å²) in [5.74, 6) is 0.663. The van der Waals surface area contributed by atoms with E-state index >= 15 is 0 Å². The van der Waals surface area contributed by atoms with E-state index in [-0.39, 0.29) is 18.0 Å². The van der Waals surface area contributed by atoms with Crippen LogP contribution in [0.3, 0.4) is 0 Å². The molecule has 1 aliphatic rings. The first kappa shape index (κ1) is 15.6. The number of fused-ring (bicyclic) bond motifs is 1. The van der Waals surface area contributed by atoms with E-state index in [0.29, 0.717) is 35.5 Å². The lowest BCUT2D eigenvalue weighted by molar-refractivity contribution is 0.101. The van der Waals surface area contributed by atoms with Gasteiger partial charge in [0.05, 0.1) is 10.6 Å². The molecule has 0 saturated heterocycles. The number of hydrogen-bond donors (Lipinski definition) is 0. The van der Waals surface area contributed by atoms with Crippen LogP contribution in [0.2, 0.25) is 5.02 Å². The lowest BCUT2D eigenvalue weighted by atomic mass is 10.1. The largest absolute Gasteiger partial charge is 0.488 e. The van der Waals surface area contributed by atoms with Gasteiger partial charge in [0.25, 0.3) is 0 Å². The Morgan fingerprint density at radius 2 is 2.04 bits per heavy atom. The van der Waals surface area contributed by atoms with Crippen LogP contribution in [0.1, 0.15) is 22.8 Å². The molecular formula is C17H14ClFO4. The van der Waals surface area contributed by atoms with Crippen LogP contribution in [0.5, 0.6) is 17.2 Å². The van der Waals surface area contributed by atoms with Crippen molar-refractivity contribution in [3.8, 4) is 17.2 Å². The van der Waals surface area contributed by atoms with Gasteiger partial charge in [-0.2, -0.15) is 0 Å². The normalized spacial score (nSPS) is 12.8. The van der Waals surface area contributed by atoms with E-state index in [9.17, 15) is 9.18 Å². The van der Waals surface area contributed by atoms with E-state index in [4.69, 9.17) is 25.8 Å². The Morgan fingerprint density at radius 1 is 1.26 bits per heavy atom. The molecule has 23 heavy (non-hydrogen) atoms. The lowest BCUT2D eigenvalue weighted by Gasteiger charge is -2.20. The average Bonchev–Trinajstić information content (AvgIpc) is 2.53. The smallest absolute Gasteiger partial charge is 0.179 e. The summed E-state index contributed by atoms with van der Waals surface area (Å²) < 4.78 is 29.9. The number of Topliss-reactive ketones (excluding diaryl/α,β-unsaturated/α-hetero) is 1. The van der Waals surface area contributed by atoms with Crippen LogP contribution in [0, 0.1) is 5.82 Å². The molecule has 4 nitrogen and oxygen atoms in total. The first-order chi connectivity index (χ1) is 11.0. The lowest BCUT2D eigenvalue weighted by Crippen LogP contribution is -2.16. The molecule has 0 aromatic heterocycles. The topological polar surface area (TPSA) is 44.8 Å². The van der Waals surface area contributed by atoms with Crippen molar-refractivity contribution in [2.24, 2.45) is 0 Å². The third kappa shape index (κ3) is 3.40. The third-order valence-corrected chi connectivity index (χ3v) is 3.65. The number of hydrogen-bond acceptors (Lipinski definition) is 4. The van der Waals surface area contributed by atoms with Gasteiger partial charge in [0.15, 0.2) is 17.3 Å². The highest BCUT2D eigenvalue weighted by Crippen LogP contribution is 2.38. The van der Waals surface area contributed by atoms with Gasteiger partial charge in [-0.1, -0.05) is 11.6 Å². The van der Waals surface area contributed by atoms with Gasteiger partial charge >= 0.3 is 0 Å². The summed E-state index contributed by atoms with van der Waals surface area (Å²) in [6.07, 6.45) is 0. The standard InChI is InChI=1S/C17H14ClFO4/c1-10(20)13-8-12(19)2-3-15(13)23-9-11-6-14(18)17-16(7-11)21-4-5-22-17/h2-3,6-8H,4-5,9H2,1H3. The SMILES string of the molecule is CC(=O)c1cc(F)ccc1OCc1cc(Cl)c2c(c1)OCCO2. The molecule has 0 aliphatic carbocycles. The zero-order valence-corrected chi connectivity index (χ0v) is 13.2. The molecule has 0 bridgehead atoms. The molecule has 2 aromatic rings. The highest BCUT2D eigenvalue weighted by atomic mass is 35.5. The molecule has 6 heteroatoms. The molecule has 2 aromatic carbocycles. The fourth-order valence-corrected chi connectivity index (χ4v) is 2.60. The summed E-state index contributed by atoms with van der Waals surface area (Å²) in [6.45, 7) is 2.45. The van der Waals surface area contributed by atoms with Crippen molar-refractivity contribution in [3.63, 3.8) is 0 Å². The van der Waals surface area contributed by atoms with E-state index in [0.717, 1.165) is 11.6 Å². The number of carbonyl (C=O) groups is 1. The van der Waals surface area contributed by atoms with Crippen LogP contribution in [0.15, 0.2) is 30.3 Å². The van der Waals surface area contributed by atoms with Crippen molar-refractivity contribution in [2.45, 2.75) is 13.5 Å². The summed E-state index contributed by atoms with van der Waals surface area (Å²) >= 11 is 6.17. The van der Waals surface area contributed by atoms with Gasteiger partial charge in [0.1, 0.15) is 31.4 Å². The van der Waals surface area contributed by atoms with Crippen LogP contribution in [0.4, 0.5) is 4.39 Å². The first-order valence-corrected chi connectivity index (χ1v) is 7.43. The van der Waals surface area contributed by atoms with Crippen molar-refractivity contribution in [2.75, 3.05) is 13.2 Å². The minimum atomic E-state index is -0.482. The minimum absolute atomic E-state index is 0.169. The summed E-state index contributed by atoms with van der Waals surface area (Å²) in [5, 5.41) is 0.437. The molecule has 120 valence electrons. The molecule has 0 N–H and O–H groups in total. The van der Waals surface area contributed by atoms with E-state index < -0.39 is 5.82 Å². The average molecular weight is 337 g/mol. The Kier molecular flexibility index (Phi) is 4.39. The molecule has 1 heterocycles. The van der Waals surface area contributed by atoms with Crippen molar-refractivity contribution in [1.29, 1.82) is 0 Å². The Hall–Kier alpha value is -2.27. The van der Waals surface area contributed by atoms with E-state index in [1.54, 1.807) is 12.1 Å². The maximum atomic E-state index is 13.3. The van der Waals surface area contributed by atoms with E-state index in [1.807, 2.05) is 0 Å². The van der Waals surface area contributed by atoms with Crippen molar-refractivity contribution < 1.29 is 23.4 Å². The highest BCUT2D eigenvalue weighted by molar-refractivity contribution is 6.32. The van der Waals surface area contributed by atoms with Gasteiger partial charge in [-0.05, 0) is 42.8 Å². The molecule has 0 saturated carbocycles. The number of rotatable bonds is 4. The van der Waals surface area contributed by atoms with E-state index in [2.05, 4.69) is 0 Å². The first-order valence-electron chi connectivity index (χ1n) is 7.06. The van der Waals surface area contributed by atoms with Gasteiger partial charge in [-0.3, -0.25) is 4.79 Å². The highest BCUT2D eigenvalue weighted by Gasteiger charge is 2.17. The Balaban J connectivity index is 1.81. The molecule has 0 spiro atoms. The zero-order chi connectivity index (χ0) is 16.4. The van der Waals surface area contributed by atoms with E-state index in [1.165, 1.54) is 19.1 Å². The van der Waals surface area contributed by atoms with Crippen LogP contribution in [-0.4, -0.2) is 19.0 Å². The second kappa shape index (κ2) is 6.46. The molecule has 0 unspecified atom stereocenters. The summed E-state index contributed by atoms with van der Waals surface area (Å²) in [6, 6.07) is 7.34. The van der Waals surface area contributed by atoms with Crippen LogP contribution >= 0.6 is 11.6 Å². The number of benzene rings is 2. The monoisotopic (exact) mass is 336 g/mol. The predicted molar refractivity (Wildman–Crippen MR) is 83.2 cm³/mol. The molecule has 0 radical (unpaired) electrons. The number of ether oxygens (including phenoxy) is 3. The maximum Gasteiger partial charge on any atom is 0.179 e. The Morgan fingerprint density at radius 3 is 2.83 bits per heavy atom. The van der Waals surface area contributed by atoms with Gasteiger partial charge in [0.2, 0.25) is 0 Å². The summed E-state index contributed by atoms with van der Waals surface area (Å²) in [7, 11) is 0. The number of halogens is 2. The fraction of sp³-hybridized carbons (Fsp3) is 0.235. The molecule has 1 aliphatic heterocycles. The van der Waals surface area contributed by atoms with Gasteiger partial charge in [-0.15, -0.1) is 0 Å². The van der Waals surface area contributed by atoms with Crippen molar-refractivity contribution in [3.05, 3.63) is 52.3 Å². The van der Waals surface area contributed by atoms with Gasteiger partial charge < -0.3 is 14.2 Å². The summed E-state index contributed by atoms with van der Waals surface area (Å²) in [4.78, 5) is 11.6. The van der Waals surface area contributed by atoms with Crippen LogP contribution < -0.4 is 14.2 Å². The zero-order valence-electron chi connectivity index (χ0n) is 12.4. The number of carbonyl (C=O) groups excluding carboxylic acids is 1. The van der Waals surface area contributed by atoms with Crippen LogP contribution in [-0.2, 0) is 6.61 Å². The minimum Gasteiger partial charge on any atom is -0.488 e. The molecular weight excluding hydrogens is 323 g/mol. The maximum absolute atomic E-state index is 13.3. The quantitative estimate of drug-likeness (QED) is 0.791. The van der Waals surface area contributed by atoms with Gasteiger partial charge in [0, 0.05) is 0 Å².